The van der Waals surface area contributed by atoms with Crippen molar-refractivity contribution in [3.05, 3.63) is 35.9 Å². The average molecular weight is 261 g/mol. The van der Waals surface area contributed by atoms with E-state index in [2.05, 4.69) is 35.5 Å². The summed E-state index contributed by atoms with van der Waals surface area (Å²) in [5.74, 6) is 0. The first-order valence-corrected chi connectivity index (χ1v) is 7.24. The summed E-state index contributed by atoms with van der Waals surface area (Å²) in [4.78, 5) is 0. The molecule has 1 N–H and O–H groups in total. The Kier molecular flexibility index (Phi) is 5.89. The lowest BCUT2D eigenvalue weighted by molar-refractivity contribution is 0.0377. The van der Waals surface area contributed by atoms with E-state index in [1.807, 2.05) is 0 Å². The molecule has 1 aliphatic rings. The summed E-state index contributed by atoms with van der Waals surface area (Å²) in [5, 5.41) is 12.0. The second kappa shape index (κ2) is 7.95. The topological polar surface area (TPSA) is 41.8 Å². The molecule has 1 aromatic rings. The Morgan fingerprint density at radius 3 is 2.53 bits per heavy atom. The van der Waals surface area contributed by atoms with Gasteiger partial charge in [0.15, 0.2) is 0 Å². The number of oxime groups is 1. The maximum atomic E-state index is 8.68. The highest BCUT2D eigenvalue weighted by Gasteiger charge is 2.17. The minimum absolute atomic E-state index is 0.363. The van der Waals surface area contributed by atoms with E-state index in [1.165, 1.54) is 12.0 Å². The van der Waals surface area contributed by atoms with Crippen LogP contribution in [-0.2, 0) is 11.2 Å². The fraction of sp³-hybridized carbons (Fsp3) is 0.562. The summed E-state index contributed by atoms with van der Waals surface area (Å²) in [7, 11) is 0. The predicted molar refractivity (Wildman–Crippen MR) is 76.8 cm³/mol. The Hall–Kier alpha value is -1.35. The highest BCUT2D eigenvalue weighted by atomic mass is 16.5. The number of hydrogen-bond donors (Lipinski definition) is 1. The average Bonchev–Trinajstić information content (AvgIpc) is 2.49. The molecule has 104 valence electrons. The molecule has 1 saturated carbocycles. The molecule has 0 saturated heterocycles. The van der Waals surface area contributed by atoms with Crippen molar-refractivity contribution >= 4 is 5.71 Å². The Labute approximate surface area is 115 Å². The molecule has 19 heavy (non-hydrogen) atoms. The summed E-state index contributed by atoms with van der Waals surface area (Å²) in [6, 6.07) is 10.6. The molecule has 0 radical (unpaired) electrons. The van der Waals surface area contributed by atoms with Crippen LogP contribution in [0.15, 0.2) is 35.5 Å². The van der Waals surface area contributed by atoms with Gasteiger partial charge in [-0.15, -0.1) is 0 Å². The molecule has 0 bridgehead atoms. The fourth-order valence-electron chi connectivity index (χ4n) is 2.52. The summed E-state index contributed by atoms with van der Waals surface area (Å²) < 4.78 is 5.88. The molecule has 3 heteroatoms. The first-order valence-electron chi connectivity index (χ1n) is 7.24. The fourth-order valence-corrected chi connectivity index (χ4v) is 2.52. The van der Waals surface area contributed by atoms with Gasteiger partial charge in [0.2, 0.25) is 0 Å². The van der Waals surface area contributed by atoms with Crippen LogP contribution in [0.4, 0.5) is 0 Å². The van der Waals surface area contributed by atoms with E-state index in [-0.39, 0.29) is 0 Å². The van der Waals surface area contributed by atoms with Gasteiger partial charge in [-0.05, 0) is 50.5 Å². The van der Waals surface area contributed by atoms with Gasteiger partial charge in [-0.25, -0.2) is 0 Å². The molecule has 2 rings (SSSR count). The van der Waals surface area contributed by atoms with Gasteiger partial charge in [0.25, 0.3) is 0 Å². The second-order valence-electron chi connectivity index (χ2n) is 5.18. The van der Waals surface area contributed by atoms with Crippen LogP contribution >= 0.6 is 0 Å². The van der Waals surface area contributed by atoms with Crippen molar-refractivity contribution < 1.29 is 9.94 Å². The smallest absolute Gasteiger partial charge is 0.0582 e. The van der Waals surface area contributed by atoms with Crippen LogP contribution in [0.25, 0.3) is 0 Å². The van der Waals surface area contributed by atoms with Crippen molar-refractivity contribution in [2.75, 3.05) is 6.61 Å². The Morgan fingerprint density at radius 1 is 1.11 bits per heavy atom. The third kappa shape index (κ3) is 5.03. The van der Waals surface area contributed by atoms with Gasteiger partial charge in [0, 0.05) is 6.61 Å². The van der Waals surface area contributed by atoms with Crippen molar-refractivity contribution in [3.8, 4) is 0 Å². The number of aryl methyl sites for hydroxylation is 1. The van der Waals surface area contributed by atoms with Crippen LogP contribution in [0, 0.1) is 0 Å². The summed E-state index contributed by atoms with van der Waals surface area (Å²) in [6.07, 6.45) is 7.55. The van der Waals surface area contributed by atoms with Crippen molar-refractivity contribution in [1.82, 2.24) is 0 Å². The number of ether oxygens (including phenoxy) is 1. The molecule has 0 amide bonds. The zero-order valence-corrected chi connectivity index (χ0v) is 11.4. The van der Waals surface area contributed by atoms with E-state index in [0.717, 1.165) is 50.8 Å². The van der Waals surface area contributed by atoms with Crippen molar-refractivity contribution in [2.24, 2.45) is 5.16 Å². The molecule has 1 aliphatic carbocycles. The molecular weight excluding hydrogens is 238 g/mol. The van der Waals surface area contributed by atoms with Crippen molar-refractivity contribution in [3.63, 3.8) is 0 Å². The first-order chi connectivity index (χ1) is 9.38. The van der Waals surface area contributed by atoms with E-state index in [4.69, 9.17) is 9.94 Å². The number of nitrogens with zero attached hydrogens (tertiary/aromatic N) is 1. The van der Waals surface area contributed by atoms with Gasteiger partial charge < -0.3 is 9.94 Å². The minimum atomic E-state index is 0.363. The lowest BCUT2D eigenvalue weighted by Gasteiger charge is -2.22. The molecule has 0 aliphatic heterocycles. The van der Waals surface area contributed by atoms with Crippen LogP contribution in [0.3, 0.4) is 0 Å². The molecule has 0 heterocycles. The standard InChI is InChI=1S/C16H23NO2/c18-17-15-9-11-16(12-10-15)19-13-5-4-8-14-6-2-1-3-7-14/h1-3,6-7,16,18H,4-5,8-13H2. The number of benzene rings is 1. The zero-order chi connectivity index (χ0) is 13.3. The Morgan fingerprint density at radius 2 is 1.84 bits per heavy atom. The van der Waals surface area contributed by atoms with E-state index in [9.17, 15) is 0 Å². The molecule has 0 spiro atoms. The van der Waals surface area contributed by atoms with Gasteiger partial charge in [-0.1, -0.05) is 35.5 Å². The molecule has 0 atom stereocenters. The zero-order valence-electron chi connectivity index (χ0n) is 11.4. The summed E-state index contributed by atoms with van der Waals surface area (Å²) in [6.45, 7) is 0.850. The van der Waals surface area contributed by atoms with Crippen LogP contribution < -0.4 is 0 Å². The molecule has 1 aromatic carbocycles. The van der Waals surface area contributed by atoms with Crippen LogP contribution in [0.1, 0.15) is 44.1 Å². The normalized spacial score (nSPS) is 19.4. The number of hydrogen-bond acceptors (Lipinski definition) is 3. The maximum Gasteiger partial charge on any atom is 0.0582 e. The quantitative estimate of drug-likeness (QED) is 0.481. The van der Waals surface area contributed by atoms with E-state index < -0.39 is 0 Å². The van der Waals surface area contributed by atoms with E-state index in [0.29, 0.717) is 6.10 Å². The SMILES string of the molecule is ON=C1CCC(OCCCCc2ccccc2)CC1. The number of unbranched alkanes of at least 4 members (excludes halogenated alkanes) is 1. The van der Waals surface area contributed by atoms with E-state index in [1.54, 1.807) is 0 Å². The first kappa shape index (κ1) is 14.1. The Balaban J connectivity index is 1.53. The van der Waals surface area contributed by atoms with Gasteiger partial charge in [-0.2, -0.15) is 0 Å². The summed E-state index contributed by atoms with van der Waals surface area (Å²) >= 11 is 0. The molecular formula is C16H23NO2. The molecule has 0 unspecified atom stereocenters. The Bertz CT molecular complexity index is 379. The van der Waals surface area contributed by atoms with Gasteiger partial charge >= 0.3 is 0 Å². The second-order valence-corrected chi connectivity index (χ2v) is 5.18. The summed E-state index contributed by atoms with van der Waals surface area (Å²) in [5.41, 5.74) is 2.33. The van der Waals surface area contributed by atoms with Crippen LogP contribution in [-0.4, -0.2) is 23.6 Å². The third-order valence-corrected chi connectivity index (χ3v) is 3.71. The molecule has 0 aromatic heterocycles. The van der Waals surface area contributed by atoms with Crippen LogP contribution in [0.5, 0.6) is 0 Å². The van der Waals surface area contributed by atoms with Crippen LogP contribution in [0.2, 0.25) is 0 Å². The largest absolute Gasteiger partial charge is 0.411 e. The van der Waals surface area contributed by atoms with Gasteiger partial charge in [0.1, 0.15) is 0 Å². The molecule has 1 fully saturated rings. The maximum absolute atomic E-state index is 8.68. The van der Waals surface area contributed by atoms with Crippen molar-refractivity contribution in [2.45, 2.75) is 51.0 Å². The molecule has 3 nitrogen and oxygen atoms in total. The lowest BCUT2D eigenvalue weighted by Crippen LogP contribution is -2.22. The predicted octanol–water partition coefficient (Wildman–Crippen LogP) is 3.80. The monoisotopic (exact) mass is 261 g/mol. The third-order valence-electron chi connectivity index (χ3n) is 3.71. The minimum Gasteiger partial charge on any atom is -0.411 e. The highest BCUT2D eigenvalue weighted by Crippen LogP contribution is 2.19. The van der Waals surface area contributed by atoms with E-state index >= 15 is 0 Å². The van der Waals surface area contributed by atoms with Crippen molar-refractivity contribution in [1.29, 1.82) is 0 Å². The highest BCUT2D eigenvalue weighted by molar-refractivity contribution is 5.84. The number of rotatable bonds is 6. The van der Waals surface area contributed by atoms with Gasteiger partial charge in [-0.3, -0.25) is 0 Å². The lowest BCUT2D eigenvalue weighted by atomic mass is 9.96. The van der Waals surface area contributed by atoms with Gasteiger partial charge in [0.05, 0.1) is 11.8 Å².